The second-order valence-electron chi connectivity index (χ2n) is 9.05. The van der Waals surface area contributed by atoms with Gasteiger partial charge in [-0.3, -0.25) is 14.9 Å². The molecule has 0 radical (unpaired) electrons. The highest BCUT2D eigenvalue weighted by atomic mass is 79.9. The fourth-order valence-corrected chi connectivity index (χ4v) is 3.82. The number of rotatable bonds is 8. The van der Waals surface area contributed by atoms with E-state index in [2.05, 4.69) is 30.8 Å². The molecule has 1 atom stereocenters. The van der Waals surface area contributed by atoms with E-state index in [4.69, 9.17) is 9.47 Å². The summed E-state index contributed by atoms with van der Waals surface area (Å²) in [7, 11) is 1.19. The van der Waals surface area contributed by atoms with Crippen molar-refractivity contribution >= 4 is 44.7 Å². The lowest BCUT2D eigenvalue weighted by atomic mass is 9.95. The Hall–Kier alpha value is -3.80. The lowest BCUT2D eigenvalue weighted by Gasteiger charge is -2.21. The Morgan fingerprint density at radius 2 is 2.00 bits per heavy atom. The number of aromatic nitrogens is 2. The second-order valence-corrected chi connectivity index (χ2v) is 9.96. The number of nitro benzene ring substituents is 1. The van der Waals surface area contributed by atoms with Gasteiger partial charge in [-0.25, -0.2) is 9.78 Å². The SMILES string of the molecule is CCOc1cc(C=Nn2c(C(C)(C)C)nc3ccc(Br)cc3c2=O)cc([N+](=O)[O-])c1O[C@H](C)C(=O)OC. The van der Waals surface area contributed by atoms with Crippen molar-refractivity contribution in [1.29, 1.82) is 0 Å². The standard InChI is InChI=1S/C25H27BrN4O7/c1-7-36-20-11-15(10-19(30(33)34)21(20)37-14(2)23(32)35-6)13-27-29-22(31)17-12-16(26)8-9-18(17)28-24(29)25(3,4)5/h8-14H,7H2,1-6H3/t14-/m1/s1. The van der Waals surface area contributed by atoms with Gasteiger partial charge in [-0.05, 0) is 38.1 Å². The molecule has 0 aliphatic heterocycles. The Morgan fingerprint density at radius 1 is 1.30 bits per heavy atom. The fraction of sp³-hybridized carbons (Fsp3) is 0.360. The summed E-state index contributed by atoms with van der Waals surface area (Å²) in [5, 5.41) is 16.6. The van der Waals surface area contributed by atoms with Crippen molar-refractivity contribution in [2.45, 2.75) is 46.1 Å². The van der Waals surface area contributed by atoms with Crippen molar-refractivity contribution in [2.75, 3.05) is 13.7 Å². The normalized spacial score (nSPS) is 12.5. The molecule has 0 bridgehead atoms. The van der Waals surface area contributed by atoms with E-state index in [0.717, 1.165) is 0 Å². The summed E-state index contributed by atoms with van der Waals surface area (Å²) in [6, 6.07) is 7.91. The number of benzene rings is 2. The lowest BCUT2D eigenvalue weighted by Crippen LogP contribution is -2.29. The smallest absolute Gasteiger partial charge is 0.346 e. The van der Waals surface area contributed by atoms with Crippen LogP contribution in [0.4, 0.5) is 5.69 Å². The fourth-order valence-electron chi connectivity index (χ4n) is 3.46. The summed E-state index contributed by atoms with van der Waals surface area (Å²) in [5.74, 6) is -0.466. The molecule has 0 saturated carbocycles. The van der Waals surface area contributed by atoms with E-state index >= 15 is 0 Å². The molecular formula is C25H27BrN4O7. The molecule has 1 aromatic heterocycles. The zero-order chi connectivity index (χ0) is 27.5. The zero-order valence-electron chi connectivity index (χ0n) is 21.3. The highest BCUT2D eigenvalue weighted by molar-refractivity contribution is 9.10. The van der Waals surface area contributed by atoms with Crippen LogP contribution in [0.3, 0.4) is 0 Å². The summed E-state index contributed by atoms with van der Waals surface area (Å²) >= 11 is 3.37. The van der Waals surface area contributed by atoms with E-state index in [1.165, 1.54) is 37.1 Å². The van der Waals surface area contributed by atoms with Gasteiger partial charge >= 0.3 is 11.7 Å². The number of methoxy groups -OCH3 is 1. The summed E-state index contributed by atoms with van der Waals surface area (Å²) in [6.07, 6.45) is 0.198. The molecule has 37 heavy (non-hydrogen) atoms. The lowest BCUT2D eigenvalue weighted by molar-refractivity contribution is -0.386. The summed E-state index contributed by atoms with van der Waals surface area (Å²) in [4.78, 5) is 41.1. The largest absolute Gasteiger partial charge is 0.490 e. The molecule has 0 spiro atoms. The maximum atomic E-state index is 13.4. The zero-order valence-corrected chi connectivity index (χ0v) is 22.9. The Labute approximate surface area is 221 Å². The number of carbonyl (C=O) groups is 1. The van der Waals surface area contributed by atoms with Crippen LogP contribution in [0, 0.1) is 10.1 Å². The Bertz CT molecular complexity index is 1440. The molecule has 0 aliphatic carbocycles. The number of hydrogen-bond donors (Lipinski definition) is 0. The first-order chi connectivity index (χ1) is 17.4. The maximum Gasteiger partial charge on any atom is 0.346 e. The first-order valence-corrected chi connectivity index (χ1v) is 12.1. The van der Waals surface area contributed by atoms with E-state index in [-0.39, 0.29) is 29.2 Å². The molecule has 0 amide bonds. The first kappa shape index (κ1) is 27.8. The molecule has 1 heterocycles. The molecule has 0 N–H and O–H groups in total. The van der Waals surface area contributed by atoms with Gasteiger partial charge in [0, 0.05) is 21.5 Å². The van der Waals surface area contributed by atoms with Crippen LogP contribution in [0.15, 0.2) is 44.7 Å². The van der Waals surface area contributed by atoms with Crippen LogP contribution in [0.25, 0.3) is 10.9 Å². The van der Waals surface area contributed by atoms with Crippen molar-refractivity contribution in [1.82, 2.24) is 9.66 Å². The number of nitrogens with zero attached hydrogens (tertiary/aromatic N) is 4. The number of fused-ring (bicyclic) bond motifs is 1. The van der Waals surface area contributed by atoms with Crippen LogP contribution in [0.5, 0.6) is 11.5 Å². The van der Waals surface area contributed by atoms with Crippen LogP contribution in [-0.2, 0) is 14.9 Å². The van der Waals surface area contributed by atoms with Crippen LogP contribution in [0.2, 0.25) is 0 Å². The molecule has 3 aromatic rings. The van der Waals surface area contributed by atoms with Gasteiger partial charge in [0.15, 0.2) is 11.9 Å². The van der Waals surface area contributed by atoms with E-state index in [1.54, 1.807) is 25.1 Å². The minimum atomic E-state index is -1.11. The van der Waals surface area contributed by atoms with Gasteiger partial charge in [0.25, 0.3) is 5.56 Å². The molecule has 0 unspecified atom stereocenters. The summed E-state index contributed by atoms with van der Waals surface area (Å²) in [6.45, 7) is 8.99. The van der Waals surface area contributed by atoms with Gasteiger partial charge in [0.1, 0.15) is 5.82 Å². The quantitative estimate of drug-likeness (QED) is 0.165. The predicted octanol–water partition coefficient (Wildman–Crippen LogP) is 4.59. The molecule has 12 heteroatoms. The van der Waals surface area contributed by atoms with E-state index in [9.17, 15) is 19.7 Å². The van der Waals surface area contributed by atoms with Gasteiger partial charge < -0.3 is 14.2 Å². The Morgan fingerprint density at radius 3 is 2.59 bits per heavy atom. The molecule has 11 nitrogen and oxygen atoms in total. The number of esters is 1. The van der Waals surface area contributed by atoms with Crippen molar-refractivity contribution < 1.29 is 23.9 Å². The molecule has 2 aromatic carbocycles. The van der Waals surface area contributed by atoms with Crippen LogP contribution in [-0.4, -0.2) is 46.6 Å². The maximum absolute atomic E-state index is 13.4. The van der Waals surface area contributed by atoms with Gasteiger partial charge in [0.2, 0.25) is 5.75 Å². The number of hydrogen-bond acceptors (Lipinski definition) is 9. The highest BCUT2D eigenvalue weighted by Crippen LogP contribution is 2.39. The first-order valence-electron chi connectivity index (χ1n) is 11.3. The number of nitro groups is 1. The van der Waals surface area contributed by atoms with E-state index < -0.39 is 28.1 Å². The van der Waals surface area contributed by atoms with Crippen LogP contribution < -0.4 is 15.0 Å². The third kappa shape index (κ3) is 6.13. The van der Waals surface area contributed by atoms with E-state index in [0.29, 0.717) is 21.2 Å². The average molecular weight is 575 g/mol. The predicted molar refractivity (Wildman–Crippen MR) is 142 cm³/mol. The van der Waals surface area contributed by atoms with Gasteiger partial charge in [-0.15, -0.1) is 0 Å². The topological polar surface area (TPSA) is 135 Å². The second kappa shape index (κ2) is 11.1. The summed E-state index contributed by atoms with van der Waals surface area (Å²) < 4.78 is 17.7. The number of carbonyl (C=O) groups excluding carboxylic acids is 1. The van der Waals surface area contributed by atoms with Crippen LogP contribution in [0.1, 0.15) is 46.0 Å². The monoisotopic (exact) mass is 574 g/mol. The highest BCUT2D eigenvalue weighted by Gasteiger charge is 2.27. The van der Waals surface area contributed by atoms with Gasteiger partial charge in [0.05, 0.1) is 35.8 Å². The minimum absolute atomic E-state index is 0.0397. The minimum Gasteiger partial charge on any atom is -0.490 e. The average Bonchev–Trinajstić information content (AvgIpc) is 2.83. The van der Waals surface area contributed by atoms with Crippen molar-refractivity contribution in [3.05, 3.63) is 66.7 Å². The molecule has 0 fully saturated rings. The number of halogens is 1. The van der Waals surface area contributed by atoms with Crippen LogP contribution >= 0.6 is 15.9 Å². The third-order valence-corrected chi connectivity index (χ3v) is 5.68. The third-order valence-electron chi connectivity index (χ3n) is 5.18. The summed E-state index contributed by atoms with van der Waals surface area (Å²) in [5.41, 5.74) is -0.567. The Kier molecular flexibility index (Phi) is 8.32. The van der Waals surface area contributed by atoms with E-state index in [1.807, 2.05) is 20.8 Å². The van der Waals surface area contributed by atoms with Gasteiger partial charge in [-0.2, -0.15) is 9.78 Å². The molecular weight excluding hydrogens is 548 g/mol. The molecule has 0 saturated heterocycles. The van der Waals surface area contributed by atoms with Crippen molar-refractivity contribution in [3.63, 3.8) is 0 Å². The number of ether oxygens (including phenoxy) is 3. The molecule has 3 rings (SSSR count). The van der Waals surface area contributed by atoms with Gasteiger partial charge in [-0.1, -0.05) is 36.7 Å². The molecule has 0 aliphatic rings. The Balaban J connectivity index is 2.19. The molecule has 196 valence electrons. The van der Waals surface area contributed by atoms with Crippen molar-refractivity contribution in [3.8, 4) is 11.5 Å². The van der Waals surface area contributed by atoms with Crippen molar-refractivity contribution in [2.24, 2.45) is 5.10 Å².